The summed E-state index contributed by atoms with van der Waals surface area (Å²) >= 11 is 0. The van der Waals surface area contributed by atoms with Crippen molar-refractivity contribution in [2.45, 2.75) is 52.4 Å². The molecule has 5 aromatic rings. The Morgan fingerprint density at radius 3 is 2.54 bits per heavy atom. The molecule has 1 atom stereocenters. The van der Waals surface area contributed by atoms with E-state index in [0.717, 1.165) is 46.4 Å². The first-order valence-electron chi connectivity index (χ1n) is 13.3. The van der Waals surface area contributed by atoms with Crippen LogP contribution in [0.2, 0.25) is 0 Å². The van der Waals surface area contributed by atoms with Crippen molar-refractivity contribution in [3.05, 3.63) is 117 Å². The van der Waals surface area contributed by atoms with E-state index in [1.807, 2.05) is 59.3 Å². The minimum absolute atomic E-state index is 0.0881. The van der Waals surface area contributed by atoms with E-state index < -0.39 is 0 Å². The number of ether oxygens (including phenoxy) is 1. The third-order valence-corrected chi connectivity index (χ3v) is 7.16. The molecule has 0 bridgehead atoms. The Kier molecular flexibility index (Phi) is 8.13. The highest BCUT2D eigenvalue weighted by molar-refractivity contribution is 5.79. The second-order valence-corrected chi connectivity index (χ2v) is 9.85. The van der Waals surface area contributed by atoms with Crippen LogP contribution in [0.15, 0.2) is 83.7 Å². The quantitative estimate of drug-likeness (QED) is 0.256. The maximum absolute atomic E-state index is 13.2. The topological polar surface area (TPSA) is 88.9 Å². The first kappa shape index (κ1) is 26.3. The first-order chi connectivity index (χ1) is 19.1. The number of methoxy groups -OCH3 is 1. The maximum atomic E-state index is 13.2. The van der Waals surface area contributed by atoms with Gasteiger partial charge in [-0.25, -0.2) is 4.68 Å². The molecule has 8 nitrogen and oxygen atoms in total. The smallest absolute Gasteiger partial charge is 0.252 e. The zero-order chi connectivity index (χ0) is 27.2. The van der Waals surface area contributed by atoms with Crippen molar-refractivity contribution in [1.29, 1.82) is 0 Å². The van der Waals surface area contributed by atoms with Gasteiger partial charge in [-0.15, -0.1) is 5.10 Å². The van der Waals surface area contributed by atoms with Gasteiger partial charge in [0.05, 0.1) is 13.2 Å². The molecule has 2 aromatic heterocycles. The summed E-state index contributed by atoms with van der Waals surface area (Å²) in [5.74, 6) is 1.60. The number of aromatic nitrogens is 5. The molecule has 0 radical (unpaired) electrons. The average Bonchev–Trinajstić information content (AvgIpc) is 3.42. The van der Waals surface area contributed by atoms with Crippen LogP contribution in [0.25, 0.3) is 10.9 Å². The lowest BCUT2D eigenvalue weighted by Gasteiger charge is -2.30. The van der Waals surface area contributed by atoms with Crippen LogP contribution in [0.5, 0.6) is 5.75 Å². The van der Waals surface area contributed by atoms with E-state index in [1.54, 1.807) is 7.11 Å². The van der Waals surface area contributed by atoms with Gasteiger partial charge in [-0.1, -0.05) is 67.1 Å². The molecule has 0 amide bonds. The summed E-state index contributed by atoms with van der Waals surface area (Å²) in [4.78, 5) is 18.5. The standard InChI is InChI=1S/C31H34N6O2/c1-4-28(30-33-34-35-37(30)17-16-23-10-6-5-7-11-23)36(20-24-12-8-9-13-29(24)39-3)21-26-19-25-18-22(2)14-15-27(25)32-31(26)38/h5-15,18-19,28H,4,16-17,20-21H2,1-3H3,(H,32,38)/t28-/m1/s1. The predicted octanol–water partition coefficient (Wildman–Crippen LogP) is 5.23. The number of nitrogens with zero attached hydrogens (tertiary/aromatic N) is 5. The average molecular weight is 523 g/mol. The molecule has 2 heterocycles. The summed E-state index contributed by atoms with van der Waals surface area (Å²) in [6.07, 6.45) is 1.59. The molecule has 0 saturated carbocycles. The van der Waals surface area contributed by atoms with Crippen LogP contribution in [0, 0.1) is 6.92 Å². The lowest BCUT2D eigenvalue weighted by molar-refractivity contribution is 0.159. The van der Waals surface area contributed by atoms with Gasteiger partial charge in [0.1, 0.15) is 5.75 Å². The van der Waals surface area contributed by atoms with Crippen LogP contribution in [0.4, 0.5) is 0 Å². The second-order valence-electron chi connectivity index (χ2n) is 9.85. The van der Waals surface area contributed by atoms with Gasteiger partial charge in [0, 0.05) is 36.3 Å². The van der Waals surface area contributed by atoms with Gasteiger partial charge < -0.3 is 9.72 Å². The Labute approximate surface area is 228 Å². The monoisotopic (exact) mass is 522 g/mol. The molecule has 0 spiro atoms. The Morgan fingerprint density at radius 1 is 0.974 bits per heavy atom. The second kappa shape index (κ2) is 12.0. The fraction of sp³-hybridized carbons (Fsp3) is 0.290. The van der Waals surface area contributed by atoms with E-state index in [1.165, 1.54) is 5.56 Å². The molecule has 39 heavy (non-hydrogen) atoms. The van der Waals surface area contributed by atoms with Crippen LogP contribution < -0.4 is 10.3 Å². The lowest BCUT2D eigenvalue weighted by Crippen LogP contribution is -2.32. The highest BCUT2D eigenvalue weighted by Gasteiger charge is 2.27. The zero-order valence-corrected chi connectivity index (χ0v) is 22.7. The molecule has 0 aliphatic rings. The minimum atomic E-state index is -0.117. The molecular weight excluding hydrogens is 488 g/mol. The van der Waals surface area contributed by atoms with E-state index >= 15 is 0 Å². The first-order valence-corrected chi connectivity index (χ1v) is 13.3. The van der Waals surface area contributed by atoms with Crippen LogP contribution in [0.1, 0.15) is 47.5 Å². The summed E-state index contributed by atoms with van der Waals surface area (Å²) in [6, 6.07) is 26.3. The van der Waals surface area contributed by atoms with Gasteiger partial charge in [-0.05, 0) is 65.4 Å². The summed E-state index contributed by atoms with van der Waals surface area (Å²) < 4.78 is 7.56. The highest BCUT2D eigenvalue weighted by Crippen LogP contribution is 2.29. The summed E-state index contributed by atoms with van der Waals surface area (Å²) in [6.45, 7) is 5.85. The van der Waals surface area contributed by atoms with E-state index in [-0.39, 0.29) is 11.6 Å². The number of fused-ring (bicyclic) bond motifs is 1. The molecular formula is C31H34N6O2. The predicted molar refractivity (Wildman–Crippen MR) is 153 cm³/mol. The van der Waals surface area contributed by atoms with Gasteiger partial charge in [-0.3, -0.25) is 9.69 Å². The minimum Gasteiger partial charge on any atom is -0.496 e. The van der Waals surface area contributed by atoms with Gasteiger partial charge >= 0.3 is 0 Å². The Balaban J connectivity index is 1.51. The maximum Gasteiger partial charge on any atom is 0.252 e. The zero-order valence-electron chi connectivity index (χ0n) is 22.7. The van der Waals surface area contributed by atoms with Crippen molar-refractivity contribution in [3.63, 3.8) is 0 Å². The summed E-state index contributed by atoms with van der Waals surface area (Å²) in [7, 11) is 1.68. The van der Waals surface area contributed by atoms with E-state index in [2.05, 4.69) is 63.5 Å². The number of pyridine rings is 1. The van der Waals surface area contributed by atoms with E-state index in [4.69, 9.17) is 4.74 Å². The van der Waals surface area contributed by atoms with E-state index in [9.17, 15) is 4.79 Å². The van der Waals surface area contributed by atoms with Gasteiger partial charge in [0.25, 0.3) is 5.56 Å². The van der Waals surface area contributed by atoms with Gasteiger partial charge in [0.15, 0.2) is 5.82 Å². The number of tetrazole rings is 1. The fourth-order valence-electron chi connectivity index (χ4n) is 5.13. The molecule has 0 fully saturated rings. The van der Waals surface area contributed by atoms with Crippen molar-refractivity contribution in [2.24, 2.45) is 0 Å². The number of H-pyrrole nitrogens is 1. The van der Waals surface area contributed by atoms with Crippen molar-refractivity contribution >= 4 is 10.9 Å². The summed E-state index contributed by atoms with van der Waals surface area (Å²) in [5, 5.41) is 13.9. The van der Waals surface area contributed by atoms with Gasteiger partial charge in [0.2, 0.25) is 0 Å². The lowest BCUT2D eigenvalue weighted by atomic mass is 10.1. The third-order valence-electron chi connectivity index (χ3n) is 7.16. The number of para-hydroxylation sites is 1. The molecule has 0 saturated heterocycles. The van der Waals surface area contributed by atoms with Crippen molar-refractivity contribution in [2.75, 3.05) is 7.11 Å². The Bertz CT molecular complexity index is 1590. The van der Waals surface area contributed by atoms with Crippen molar-refractivity contribution in [1.82, 2.24) is 30.1 Å². The largest absolute Gasteiger partial charge is 0.496 e. The molecule has 0 unspecified atom stereocenters. The number of aromatic amines is 1. The molecule has 1 N–H and O–H groups in total. The molecule has 200 valence electrons. The Hall–Kier alpha value is -4.30. The molecule has 3 aromatic carbocycles. The molecule has 0 aliphatic heterocycles. The molecule has 0 aliphatic carbocycles. The van der Waals surface area contributed by atoms with Crippen molar-refractivity contribution < 1.29 is 4.74 Å². The number of hydrogen-bond donors (Lipinski definition) is 1. The third kappa shape index (κ3) is 6.07. The number of hydrogen-bond acceptors (Lipinski definition) is 6. The van der Waals surface area contributed by atoms with Crippen LogP contribution in [-0.4, -0.2) is 37.2 Å². The SMILES string of the molecule is CC[C@H](c1nnnn1CCc1ccccc1)N(Cc1ccccc1OC)Cc1cc2cc(C)ccc2[nH]c1=O. The van der Waals surface area contributed by atoms with Crippen LogP contribution >= 0.6 is 0 Å². The molecule has 5 rings (SSSR count). The number of aryl methyl sites for hydroxylation is 3. The Morgan fingerprint density at radius 2 is 1.74 bits per heavy atom. The number of benzene rings is 3. The highest BCUT2D eigenvalue weighted by atomic mass is 16.5. The summed E-state index contributed by atoms with van der Waals surface area (Å²) in [5.41, 5.74) is 4.86. The van der Waals surface area contributed by atoms with Gasteiger partial charge in [-0.2, -0.15) is 0 Å². The normalized spacial score (nSPS) is 12.2. The fourth-order valence-corrected chi connectivity index (χ4v) is 5.13. The van der Waals surface area contributed by atoms with E-state index in [0.29, 0.717) is 25.2 Å². The number of rotatable bonds is 11. The van der Waals surface area contributed by atoms with Crippen molar-refractivity contribution in [3.8, 4) is 5.75 Å². The number of nitrogens with one attached hydrogen (secondary N) is 1. The molecule has 8 heteroatoms. The van der Waals surface area contributed by atoms with Crippen LogP contribution in [-0.2, 0) is 26.1 Å². The van der Waals surface area contributed by atoms with Crippen LogP contribution in [0.3, 0.4) is 0 Å².